The zero-order chi connectivity index (χ0) is 12.4. The zero-order valence-corrected chi connectivity index (χ0v) is 10.7. The summed E-state index contributed by atoms with van der Waals surface area (Å²) in [7, 11) is 0. The van der Waals surface area contributed by atoms with Crippen molar-refractivity contribution in [3.05, 3.63) is 0 Å². The van der Waals surface area contributed by atoms with Gasteiger partial charge in [-0.15, -0.1) is 0 Å². The Labute approximate surface area is 102 Å². The normalized spacial score (nSPS) is 17.1. The van der Waals surface area contributed by atoms with Gasteiger partial charge in [-0.05, 0) is 12.2 Å². The lowest BCUT2D eigenvalue weighted by Gasteiger charge is -2.21. The van der Waals surface area contributed by atoms with Crippen LogP contribution in [0.5, 0.6) is 0 Å². The largest absolute Gasteiger partial charge is 0.394 e. The van der Waals surface area contributed by atoms with Crippen LogP contribution in [0.4, 0.5) is 0 Å². The second kappa shape index (κ2) is 10.4. The molecule has 0 rings (SSSR count). The van der Waals surface area contributed by atoms with E-state index in [-0.39, 0.29) is 0 Å². The minimum absolute atomic E-state index is 0.393. The molecule has 4 N–H and O–H groups in total. The van der Waals surface area contributed by atoms with Gasteiger partial charge in [0.05, 0.1) is 12.7 Å². The Morgan fingerprint density at radius 3 is 2.25 bits per heavy atom. The first-order valence-electron chi connectivity index (χ1n) is 5.86. The summed E-state index contributed by atoms with van der Waals surface area (Å²) in [6.45, 7) is 1.63. The van der Waals surface area contributed by atoms with Crippen LogP contribution in [0.15, 0.2) is 0 Å². The minimum Gasteiger partial charge on any atom is -0.394 e. The molecule has 0 unspecified atom stereocenters. The fraction of sp³-hybridized carbons (Fsp3) is 1.00. The van der Waals surface area contributed by atoms with Gasteiger partial charge in [-0.1, -0.05) is 26.2 Å². The van der Waals surface area contributed by atoms with Gasteiger partial charge in [0.2, 0.25) is 0 Å². The standard InChI is InChI=1S/C11H24O4S/c1-2-3-4-5-6-16-8-10(14)11(15)9(13)7-12/h9-15H,2-8H2,1H3/t9-,10-,11+/m0/s1. The van der Waals surface area contributed by atoms with Gasteiger partial charge < -0.3 is 20.4 Å². The van der Waals surface area contributed by atoms with Crippen LogP contribution in [0.3, 0.4) is 0 Å². The number of thioether (sulfide) groups is 1. The molecule has 0 fully saturated rings. The Balaban J connectivity index is 3.45. The van der Waals surface area contributed by atoms with Crippen LogP contribution in [0.1, 0.15) is 32.6 Å². The molecule has 0 aliphatic carbocycles. The van der Waals surface area contributed by atoms with Crippen molar-refractivity contribution >= 4 is 11.8 Å². The molecule has 0 amide bonds. The van der Waals surface area contributed by atoms with E-state index in [4.69, 9.17) is 10.2 Å². The van der Waals surface area contributed by atoms with E-state index in [1.165, 1.54) is 19.3 Å². The molecule has 5 heteroatoms. The van der Waals surface area contributed by atoms with E-state index < -0.39 is 24.9 Å². The summed E-state index contributed by atoms with van der Waals surface area (Å²) in [6.07, 6.45) is 1.26. The van der Waals surface area contributed by atoms with Crippen molar-refractivity contribution in [1.82, 2.24) is 0 Å². The maximum absolute atomic E-state index is 9.48. The van der Waals surface area contributed by atoms with E-state index in [1.807, 2.05) is 0 Å². The predicted molar refractivity (Wildman–Crippen MR) is 66.6 cm³/mol. The highest BCUT2D eigenvalue weighted by Gasteiger charge is 2.23. The second-order valence-corrected chi connectivity index (χ2v) is 5.09. The predicted octanol–water partition coefficient (Wildman–Crippen LogP) is 0.375. The molecule has 0 aromatic carbocycles. The van der Waals surface area contributed by atoms with Crippen molar-refractivity contribution in [2.45, 2.75) is 50.9 Å². The highest BCUT2D eigenvalue weighted by Crippen LogP contribution is 2.11. The molecule has 98 valence electrons. The van der Waals surface area contributed by atoms with Crippen LogP contribution in [0, 0.1) is 0 Å². The summed E-state index contributed by atoms with van der Waals surface area (Å²) in [6, 6.07) is 0. The van der Waals surface area contributed by atoms with Gasteiger partial charge in [0.25, 0.3) is 0 Å². The molecule has 0 saturated carbocycles. The van der Waals surface area contributed by atoms with Gasteiger partial charge in [0, 0.05) is 5.75 Å². The number of hydrogen-bond donors (Lipinski definition) is 4. The van der Waals surface area contributed by atoms with E-state index in [2.05, 4.69) is 6.92 Å². The summed E-state index contributed by atoms with van der Waals surface area (Å²) in [5, 5.41) is 36.5. The fourth-order valence-corrected chi connectivity index (χ4v) is 2.31. The topological polar surface area (TPSA) is 80.9 Å². The quantitative estimate of drug-likeness (QED) is 0.423. The number of aliphatic hydroxyl groups is 4. The van der Waals surface area contributed by atoms with Crippen LogP contribution in [-0.4, -0.2) is 56.9 Å². The molecule has 0 aromatic rings. The maximum Gasteiger partial charge on any atom is 0.109 e. The average Bonchev–Trinajstić information content (AvgIpc) is 2.31. The fourth-order valence-electron chi connectivity index (χ4n) is 1.30. The number of hydrogen-bond acceptors (Lipinski definition) is 5. The molecule has 0 heterocycles. The molecular weight excluding hydrogens is 228 g/mol. The molecular formula is C11H24O4S. The molecule has 0 spiro atoms. The Hall–Kier alpha value is 0.190. The van der Waals surface area contributed by atoms with Crippen molar-refractivity contribution in [1.29, 1.82) is 0 Å². The van der Waals surface area contributed by atoms with Gasteiger partial charge in [0.1, 0.15) is 12.2 Å². The lowest BCUT2D eigenvalue weighted by atomic mass is 10.1. The lowest BCUT2D eigenvalue weighted by molar-refractivity contribution is -0.0683. The lowest BCUT2D eigenvalue weighted by Crippen LogP contribution is -2.40. The molecule has 0 aliphatic heterocycles. The third kappa shape index (κ3) is 7.46. The maximum atomic E-state index is 9.48. The van der Waals surface area contributed by atoms with Crippen molar-refractivity contribution in [3.8, 4) is 0 Å². The third-order valence-corrected chi connectivity index (χ3v) is 3.56. The van der Waals surface area contributed by atoms with Crippen LogP contribution >= 0.6 is 11.8 Å². The number of rotatable bonds is 10. The van der Waals surface area contributed by atoms with E-state index in [9.17, 15) is 10.2 Å². The Morgan fingerprint density at radius 1 is 1.00 bits per heavy atom. The van der Waals surface area contributed by atoms with Gasteiger partial charge in [-0.25, -0.2) is 0 Å². The molecule has 0 radical (unpaired) electrons. The highest BCUT2D eigenvalue weighted by atomic mass is 32.2. The first-order chi connectivity index (χ1) is 7.63. The summed E-state index contributed by atoms with van der Waals surface area (Å²) in [5.41, 5.74) is 0. The third-order valence-electron chi connectivity index (χ3n) is 2.41. The molecule has 4 nitrogen and oxygen atoms in total. The number of aliphatic hydroxyl groups excluding tert-OH is 4. The molecule has 0 aromatic heterocycles. The molecule has 16 heavy (non-hydrogen) atoms. The zero-order valence-electron chi connectivity index (χ0n) is 9.88. The molecule has 0 saturated heterocycles. The van der Waals surface area contributed by atoms with Gasteiger partial charge in [-0.2, -0.15) is 11.8 Å². The van der Waals surface area contributed by atoms with E-state index in [1.54, 1.807) is 11.8 Å². The summed E-state index contributed by atoms with van der Waals surface area (Å²) in [4.78, 5) is 0. The Bertz CT molecular complexity index is 157. The summed E-state index contributed by atoms with van der Waals surface area (Å²) in [5.74, 6) is 1.35. The number of unbranched alkanes of at least 4 members (excludes halogenated alkanes) is 3. The SMILES string of the molecule is CCCCCCSC[C@H](O)[C@H](O)[C@@H](O)CO. The van der Waals surface area contributed by atoms with Crippen LogP contribution in [0.25, 0.3) is 0 Å². The summed E-state index contributed by atoms with van der Waals surface area (Å²) < 4.78 is 0. The molecule has 0 bridgehead atoms. The molecule has 3 atom stereocenters. The Morgan fingerprint density at radius 2 is 1.69 bits per heavy atom. The van der Waals surface area contributed by atoms with Crippen molar-refractivity contribution in [3.63, 3.8) is 0 Å². The van der Waals surface area contributed by atoms with Crippen LogP contribution in [-0.2, 0) is 0 Å². The van der Waals surface area contributed by atoms with E-state index >= 15 is 0 Å². The molecule has 0 aliphatic rings. The monoisotopic (exact) mass is 252 g/mol. The highest BCUT2D eigenvalue weighted by molar-refractivity contribution is 7.99. The van der Waals surface area contributed by atoms with Crippen molar-refractivity contribution in [2.75, 3.05) is 18.1 Å². The average molecular weight is 252 g/mol. The van der Waals surface area contributed by atoms with E-state index in [0.717, 1.165) is 12.2 Å². The minimum atomic E-state index is -1.26. The Kier molecular flexibility index (Phi) is 10.5. The summed E-state index contributed by atoms with van der Waals surface area (Å²) >= 11 is 1.57. The first kappa shape index (κ1) is 16.2. The van der Waals surface area contributed by atoms with Gasteiger partial charge in [0.15, 0.2) is 0 Å². The smallest absolute Gasteiger partial charge is 0.109 e. The van der Waals surface area contributed by atoms with E-state index in [0.29, 0.717) is 5.75 Å². The van der Waals surface area contributed by atoms with Gasteiger partial charge in [-0.3, -0.25) is 0 Å². The van der Waals surface area contributed by atoms with Gasteiger partial charge >= 0.3 is 0 Å². The van der Waals surface area contributed by atoms with Crippen LogP contribution in [0.2, 0.25) is 0 Å². The van der Waals surface area contributed by atoms with Crippen molar-refractivity contribution < 1.29 is 20.4 Å². The van der Waals surface area contributed by atoms with Crippen LogP contribution < -0.4 is 0 Å². The van der Waals surface area contributed by atoms with Crippen molar-refractivity contribution in [2.24, 2.45) is 0 Å². The first-order valence-corrected chi connectivity index (χ1v) is 7.01. The second-order valence-electron chi connectivity index (χ2n) is 3.94.